The molecule has 9 heteroatoms. The van der Waals surface area contributed by atoms with Crippen LogP contribution in [-0.2, 0) is 20.1 Å². The number of hydrogen-bond donors (Lipinski definition) is 1. The molecule has 1 aliphatic heterocycles. The van der Waals surface area contributed by atoms with Crippen molar-refractivity contribution in [1.82, 2.24) is 10.2 Å². The summed E-state index contributed by atoms with van der Waals surface area (Å²) in [6.07, 6.45) is 4.50. The topological polar surface area (TPSA) is 75.7 Å². The van der Waals surface area contributed by atoms with Gasteiger partial charge in [-0.05, 0) is 56.4 Å². The Morgan fingerprint density at radius 1 is 1.05 bits per heavy atom. The number of nitrogens with one attached hydrogen (secondary N) is 1. The molecular formula is C29H32F2N2O4S. The smallest absolute Gasteiger partial charge is 0.308 e. The summed E-state index contributed by atoms with van der Waals surface area (Å²) in [7, 11) is 1.37. The second-order valence-electron chi connectivity index (χ2n) is 10.7. The first-order valence-corrected chi connectivity index (χ1v) is 14.1. The number of carbonyl (C=O) groups is 3. The number of nitrogens with zero attached hydrogens (tertiary/aromatic N) is 1. The molecule has 1 spiro atoms. The van der Waals surface area contributed by atoms with Gasteiger partial charge in [0.05, 0.1) is 13.0 Å². The first-order valence-electron chi connectivity index (χ1n) is 13.1. The molecule has 3 unspecified atom stereocenters. The summed E-state index contributed by atoms with van der Waals surface area (Å²) in [5.41, 5.74) is 0.0477. The predicted molar refractivity (Wildman–Crippen MR) is 139 cm³/mol. The van der Waals surface area contributed by atoms with E-state index in [0.29, 0.717) is 32.4 Å². The Morgan fingerprint density at radius 3 is 2.53 bits per heavy atom. The Labute approximate surface area is 225 Å². The summed E-state index contributed by atoms with van der Waals surface area (Å²) in [6.45, 7) is 0.937. The van der Waals surface area contributed by atoms with Gasteiger partial charge < -0.3 is 15.0 Å². The molecule has 2 amide bonds. The number of amides is 2. The SMILES string of the molecule is COC(=O)C1CCC(C(=O)NC2CCCC23CN(C(=O)c2ccc(F)c(F)c2CSc2ccccc2)C3)C1. The van der Waals surface area contributed by atoms with Gasteiger partial charge in [-0.25, -0.2) is 8.78 Å². The summed E-state index contributed by atoms with van der Waals surface area (Å²) in [6, 6.07) is 11.7. The molecule has 0 radical (unpaired) electrons. The summed E-state index contributed by atoms with van der Waals surface area (Å²) >= 11 is 1.35. The van der Waals surface area contributed by atoms with Crippen LogP contribution in [0.5, 0.6) is 0 Å². The third-order valence-corrected chi connectivity index (χ3v) is 9.45. The van der Waals surface area contributed by atoms with Crippen molar-refractivity contribution in [2.45, 2.75) is 55.2 Å². The molecular weight excluding hydrogens is 510 g/mol. The highest BCUT2D eigenvalue weighted by molar-refractivity contribution is 7.98. The molecule has 3 atom stereocenters. The van der Waals surface area contributed by atoms with Crippen molar-refractivity contribution in [1.29, 1.82) is 0 Å². The van der Waals surface area contributed by atoms with Crippen LogP contribution in [0.25, 0.3) is 0 Å². The Morgan fingerprint density at radius 2 is 1.79 bits per heavy atom. The van der Waals surface area contributed by atoms with Crippen LogP contribution in [0, 0.1) is 28.9 Å². The van der Waals surface area contributed by atoms with Crippen LogP contribution < -0.4 is 5.32 Å². The minimum absolute atomic E-state index is 0.0340. The number of ether oxygens (including phenoxy) is 1. The first-order chi connectivity index (χ1) is 18.3. The van der Waals surface area contributed by atoms with E-state index in [1.54, 1.807) is 4.90 Å². The molecule has 3 fully saturated rings. The molecule has 2 saturated carbocycles. The lowest BCUT2D eigenvalue weighted by atomic mass is 9.74. The van der Waals surface area contributed by atoms with Crippen LogP contribution in [0.15, 0.2) is 47.4 Å². The van der Waals surface area contributed by atoms with E-state index in [9.17, 15) is 23.2 Å². The largest absolute Gasteiger partial charge is 0.469 e. The van der Waals surface area contributed by atoms with Gasteiger partial charge in [-0.2, -0.15) is 0 Å². The summed E-state index contributed by atoms with van der Waals surface area (Å²) in [4.78, 5) is 40.9. The van der Waals surface area contributed by atoms with Gasteiger partial charge in [-0.15, -0.1) is 11.8 Å². The number of halogens is 2. The van der Waals surface area contributed by atoms with Crippen LogP contribution in [0.4, 0.5) is 8.78 Å². The fraction of sp³-hybridized carbons (Fsp3) is 0.483. The van der Waals surface area contributed by atoms with Gasteiger partial charge in [0.2, 0.25) is 5.91 Å². The highest BCUT2D eigenvalue weighted by Gasteiger charge is 2.54. The molecule has 0 bridgehead atoms. The number of hydrogen-bond acceptors (Lipinski definition) is 5. The third-order valence-electron chi connectivity index (χ3n) is 8.41. The zero-order valence-corrected chi connectivity index (χ0v) is 22.2. The van der Waals surface area contributed by atoms with Gasteiger partial charge in [-0.1, -0.05) is 24.6 Å². The zero-order chi connectivity index (χ0) is 26.9. The Kier molecular flexibility index (Phi) is 7.75. The van der Waals surface area contributed by atoms with Gasteiger partial charge in [0, 0.05) is 52.2 Å². The van der Waals surface area contributed by atoms with Gasteiger partial charge in [0.15, 0.2) is 11.6 Å². The van der Waals surface area contributed by atoms with E-state index in [-0.39, 0.29) is 58.0 Å². The monoisotopic (exact) mass is 542 g/mol. The van der Waals surface area contributed by atoms with Crippen LogP contribution in [-0.4, -0.2) is 48.9 Å². The average Bonchev–Trinajstić information content (AvgIpc) is 3.56. The molecule has 1 N–H and O–H groups in total. The second kappa shape index (κ2) is 11.0. The van der Waals surface area contributed by atoms with Crippen molar-refractivity contribution >= 4 is 29.5 Å². The number of carbonyl (C=O) groups excluding carboxylic acids is 3. The molecule has 1 saturated heterocycles. The fourth-order valence-electron chi connectivity index (χ4n) is 6.27. The Bertz CT molecular complexity index is 1220. The third kappa shape index (κ3) is 5.17. The lowest BCUT2D eigenvalue weighted by Crippen LogP contribution is -2.65. The molecule has 2 aliphatic carbocycles. The van der Waals surface area contributed by atoms with Crippen molar-refractivity contribution < 1.29 is 27.9 Å². The van der Waals surface area contributed by atoms with E-state index in [2.05, 4.69) is 5.32 Å². The molecule has 3 aliphatic rings. The highest BCUT2D eigenvalue weighted by atomic mass is 32.2. The lowest BCUT2D eigenvalue weighted by molar-refractivity contribution is -0.145. The number of thioether (sulfide) groups is 1. The van der Waals surface area contributed by atoms with E-state index in [1.807, 2.05) is 30.3 Å². The fourth-order valence-corrected chi connectivity index (χ4v) is 7.21. The molecule has 2 aromatic carbocycles. The van der Waals surface area contributed by atoms with Crippen molar-refractivity contribution in [3.63, 3.8) is 0 Å². The lowest BCUT2D eigenvalue weighted by Gasteiger charge is -2.51. The number of rotatable bonds is 7. The normalized spacial score (nSPS) is 23.8. The van der Waals surface area contributed by atoms with E-state index in [1.165, 1.54) is 24.9 Å². The van der Waals surface area contributed by atoms with E-state index in [0.717, 1.165) is 30.2 Å². The van der Waals surface area contributed by atoms with Crippen LogP contribution in [0.2, 0.25) is 0 Å². The van der Waals surface area contributed by atoms with Crippen LogP contribution in [0.3, 0.4) is 0 Å². The number of benzene rings is 2. The Hall–Kier alpha value is -2.94. The van der Waals surface area contributed by atoms with Crippen molar-refractivity contribution in [3.8, 4) is 0 Å². The molecule has 1 heterocycles. The maximum Gasteiger partial charge on any atom is 0.308 e. The van der Waals surface area contributed by atoms with E-state index >= 15 is 0 Å². The summed E-state index contributed by atoms with van der Waals surface area (Å²) in [5, 5.41) is 3.21. The predicted octanol–water partition coefficient (Wildman–Crippen LogP) is 4.96. The zero-order valence-electron chi connectivity index (χ0n) is 21.4. The number of likely N-dealkylation sites (tertiary alicyclic amines) is 1. The number of esters is 1. The van der Waals surface area contributed by atoms with Gasteiger partial charge in [0.1, 0.15) is 0 Å². The summed E-state index contributed by atoms with van der Waals surface area (Å²) < 4.78 is 33.8. The van der Waals surface area contributed by atoms with Gasteiger partial charge >= 0.3 is 5.97 Å². The van der Waals surface area contributed by atoms with Crippen molar-refractivity contribution in [2.75, 3.05) is 20.2 Å². The Balaban J connectivity index is 1.23. The molecule has 6 nitrogen and oxygen atoms in total. The maximum absolute atomic E-state index is 14.8. The average molecular weight is 543 g/mol. The minimum atomic E-state index is -0.984. The van der Waals surface area contributed by atoms with Crippen molar-refractivity contribution in [3.05, 3.63) is 65.2 Å². The molecule has 0 aromatic heterocycles. The molecule has 38 heavy (non-hydrogen) atoms. The van der Waals surface area contributed by atoms with Crippen LogP contribution >= 0.6 is 11.8 Å². The van der Waals surface area contributed by atoms with Gasteiger partial charge in [0.25, 0.3) is 5.91 Å². The quantitative estimate of drug-likeness (QED) is 0.396. The first kappa shape index (κ1) is 26.7. The van der Waals surface area contributed by atoms with E-state index < -0.39 is 11.6 Å². The van der Waals surface area contributed by atoms with Gasteiger partial charge in [-0.3, -0.25) is 14.4 Å². The molecule has 2 aromatic rings. The second-order valence-corrected chi connectivity index (χ2v) is 11.7. The van der Waals surface area contributed by atoms with Crippen molar-refractivity contribution in [2.24, 2.45) is 17.3 Å². The van der Waals surface area contributed by atoms with Crippen LogP contribution in [0.1, 0.15) is 54.4 Å². The highest BCUT2D eigenvalue weighted by Crippen LogP contribution is 2.47. The molecule has 202 valence electrons. The maximum atomic E-state index is 14.8. The minimum Gasteiger partial charge on any atom is -0.469 e. The standard InChI is InChI=1S/C29H32F2N2O4S/c1-37-28(36)19-10-9-18(14-19)26(34)32-24-8-5-13-29(24)16-33(17-29)27(35)21-11-12-23(30)25(31)22(21)15-38-20-6-3-2-4-7-20/h2-4,6-7,11-12,18-19,24H,5,8-10,13-17H2,1H3,(H,32,34). The number of methoxy groups -OCH3 is 1. The summed E-state index contributed by atoms with van der Waals surface area (Å²) in [5.74, 6) is -2.85. The molecule has 5 rings (SSSR count). The van der Waals surface area contributed by atoms with E-state index in [4.69, 9.17) is 4.74 Å².